The molecule has 0 fully saturated rings. The molecule has 35 heavy (non-hydrogen) atoms. The molecular formula is C28H22ClN3O3. The van der Waals surface area contributed by atoms with Crippen molar-refractivity contribution in [2.24, 2.45) is 0 Å². The Kier molecular flexibility index (Phi) is 5.97. The summed E-state index contributed by atoms with van der Waals surface area (Å²) in [6, 6.07) is 29.4. The van der Waals surface area contributed by atoms with E-state index in [1.807, 2.05) is 85.8 Å². The number of non-ortho nitro benzene ring substituents is 1. The highest BCUT2D eigenvalue weighted by Crippen LogP contribution is 2.44. The molecule has 6 nitrogen and oxygen atoms in total. The van der Waals surface area contributed by atoms with Gasteiger partial charge in [0, 0.05) is 35.0 Å². The number of carbonyl (C=O) groups excluding carboxylic acids is 1. The number of hydrogen-bond donors (Lipinski definition) is 0. The lowest BCUT2D eigenvalue weighted by Crippen LogP contribution is -2.49. The Hall–Kier alpha value is -4.16. The molecule has 0 radical (unpaired) electrons. The second kappa shape index (κ2) is 9.24. The van der Waals surface area contributed by atoms with E-state index in [0.717, 1.165) is 16.8 Å². The molecule has 0 saturated heterocycles. The Morgan fingerprint density at radius 2 is 1.60 bits per heavy atom. The van der Waals surface area contributed by atoms with E-state index < -0.39 is 11.1 Å². The van der Waals surface area contributed by atoms with Crippen LogP contribution in [0.25, 0.3) is 0 Å². The third kappa shape index (κ3) is 4.24. The maximum atomic E-state index is 13.9. The minimum absolute atomic E-state index is 0.0841. The van der Waals surface area contributed by atoms with Gasteiger partial charge >= 0.3 is 0 Å². The maximum Gasteiger partial charge on any atom is 0.269 e. The number of rotatable bonds is 5. The number of nitro benzene ring substituents is 1. The summed E-state index contributed by atoms with van der Waals surface area (Å²) in [5, 5.41) is 12.0. The predicted molar refractivity (Wildman–Crippen MR) is 138 cm³/mol. The molecule has 174 valence electrons. The number of aryl methyl sites for hydroxylation is 1. The number of hydrogen-bond acceptors (Lipinski definition) is 4. The zero-order valence-corrected chi connectivity index (χ0v) is 19.7. The molecule has 5 rings (SSSR count). The van der Waals surface area contributed by atoms with Gasteiger partial charge in [-0.3, -0.25) is 19.8 Å². The summed E-state index contributed by atoms with van der Waals surface area (Å²) in [6.45, 7) is 2.45. The van der Waals surface area contributed by atoms with Crippen LogP contribution in [0, 0.1) is 17.0 Å². The van der Waals surface area contributed by atoms with Gasteiger partial charge in [0.15, 0.2) is 0 Å². The van der Waals surface area contributed by atoms with Gasteiger partial charge in [-0.25, -0.2) is 0 Å². The lowest BCUT2D eigenvalue weighted by molar-refractivity contribution is -0.384. The SMILES string of the molecule is Cc1ccc(N2C(=O)c3ccccc3N(Cc3ccccc3)[C@H]2c2cc([N+](=O)[O-])ccc2Cl)cc1. The predicted octanol–water partition coefficient (Wildman–Crippen LogP) is 6.92. The first-order valence-electron chi connectivity index (χ1n) is 11.2. The van der Waals surface area contributed by atoms with Crippen molar-refractivity contribution in [1.29, 1.82) is 0 Å². The average molecular weight is 484 g/mol. The second-order valence-electron chi connectivity index (χ2n) is 8.48. The van der Waals surface area contributed by atoms with E-state index in [4.69, 9.17) is 11.6 Å². The van der Waals surface area contributed by atoms with Crippen LogP contribution in [-0.4, -0.2) is 10.8 Å². The molecular weight excluding hydrogens is 462 g/mol. The number of benzene rings is 4. The fourth-order valence-electron chi connectivity index (χ4n) is 4.48. The van der Waals surface area contributed by atoms with E-state index in [0.29, 0.717) is 28.4 Å². The van der Waals surface area contributed by atoms with E-state index in [1.54, 1.807) is 4.90 Å². The number of amides is 1. The third-order valence-corrected chi connectivity index (χ3v) is 6.52. The number of carbonyl (C=O) groups is 1. The second-order valence-corrected chi connectivity index (χ2v) is 8.89. The molecule has 0 aromatic heterocycles. The molecule has 1 heterocycles. The van der Waals surface area contributed by atoms with Crippen molar-refractivity contribution in [3.8, 4) is 0 Å². The molecule has 0 aliphatic carbocycles. The largest absolute Gasteiger partial charge is 0.342 e. The summed E-state index contributed by atoms with van der Waals surface area (Å²) >= 11 is 6.67. The standard InChI is InChI=1S/C28H22ClN3O3/c1-19-11-13-21(14-12-19)31-27(24-17-22(32(34)35)15-16-25(24)29)30(18-20-7-3-2-4-8-20)26-10-6-5-9-23(26)28(31)33/h2-17,27H,18H2,1H3/t27-/m1/s1. The summed E-state index contributed by atoms with van der Waals surface area (Å²) in [5.74, 6) is -0.193. The van der Waals surface area contributed by atoms with E-state index in [2.05, 4.69) is 4.90 Å². The van der Waals surface area contributed by atoms with Gasteiger partial charge in [-0.2, -0.15) is 0 Å². The summed E-state index contributed by atoms with van der Waals surface area (Å²) in [5.41, 5.74) is 4.48. The highest BCUT2D eigenvalue weighted by molar-refractivity contribution is 6.31. The summed E-state index contributed by atoms with van der Waals surface area (Å²) in [6.07, 6.45) is -0.701. The lowest BCUT2D eigenvalue weighted by atomic mass is 9.98. The maximum absolute atomic E-state index is 13.9. The minimum atomic E-state index is -0.701. The van der Waals surface area contributed by atoms with Crippen LogP contribution in [0.2, 0.25) is 5.02 Å². The first kappa shape index (κ1) is 22.6. The molecule has 7 heteroatoms. The van der Waals surface area contributed by atoms with Crippen LogP contribution < -0.4 is 9.80 Å². The number of halogens is 1. The topological polar surface area (TPSA) is 66.7 Å². The van der Waals surface area contributed by atoms with E-state index in [9.17, 15) is 14.9 Å². The number of fused-ring (bicyclic) bond motifs is 1. The molecule has 0 N–H and O–H groups in total. The summed E-state index contributed by atoms with van der Waals surface area (Å²) < 4.78 is 0. The first-order chi connectivity index (χ1) is 16.9. The van der Waals surface area contributed by atoms with Crippen molar-refractivity contribution in [3.05, 3.63) is 134 Å². The lowest BCUT2D eigenvalue weighted by Gasteiger charge is -2.46. The highest BCUT2D eigenvalue weighted by Gasteiger charge is 2.40. The number of nitro groups is 1. The van der Waals surface area contributed by atoms with Crippen molar-refractivity contribution in [2.45, 2.75) is 19.6 Å². The molecule has 0 unspecified atom stereocenters. The van der Waals surface area contributed by atoms with Gasteiger partial charge in [-0.1, -0.05) is 71.8 Å². The molecule has 1 atom stereocenters. The molecule has 0 spiro atoms. The molecule has 1 aliphatic heterocycles. The van der Waals surface area contributed by atoms with Gasteiger partial charge in [0.05, 0.1) is 16.2 Å². The van der Waals surface area contributed by atoms with Crippen molar-refractivity contribution >= 4 is 34.6 Å². The molecule has 0 bridgehead atoms. The van der Waals surface area contributed by atoms with Crippen LogP contribution in [0.3, 0.4) is 0 Å². The fraction of sp³-hybridized carbons (Fsp3) is 0.107. The number of para-hydroxylation sites is 1. The molecule has 4 aromatic carbocycles. The Morgan fingerprint density at radius 3 is 2.31 bits per heavy atom. The van der Waals surface area contributed by atoms with Crippen molar-refractivity contribution in [3.63, 3.8) is 0 Å². The van der Waals surface area contributed by atoms with Gasteiger partial charge in [-0.15, -0.1) is 0 Å². The van der Waals surface area contributed by atoms with Crippen LogP contribution >= 0.6 is 11.6 Å². The zero-order chi connectivity index (χ0) is 24.5. The molecule has 1 amide bonds. The van der Waals surface area contributed by atoms with Crippen molar-refractivity contribution in [1.82, 2.24) is 0 Å². The quantitative estimate of drug-likeness (QED) is 0.228. The van der Waals surface area contributed by atoms with Crippen LogP contribution in [0.5, 0.6) is 0 Å². The number of nitrogens with zero attached hydrogens (tertiary/aromatic N) is 3. The smallest absolute Gasteiger partial charge is 0.269 e. The first-order valence-corrected chi connectivity index (χ1v) is 11.6. The van der Waals surface area contributed by atoms with E-state index in [1.165, 1.54) is 18.2 Å². The van der Waals surface area contributed by atoms with Gasteiger partial charge in [-0.05, 0) is 42.8 Å². The van der Waals surface area contributed by atoms with Crippen molar-refractivity contribution in [2.75, 3.05) is 9.80 Å². The molecule has 1 aliphatic rings. The highest BCUT2D eigenvalue weighted by atomic mass is 35.5. The van der Waals surface area contributed by atoms with Crippen molar-refractivity contribution < 1.29 is 9.72 Å². The number of anilines is 2. The third-order valence-electron chi connectivity index (χ3n) is 6.18. The Balaban J connectivity index is 1.77. The normalized spacial score (nSPS) is 15.1. The van der Waals surface area contributed by atoms with Gasteiger partial charge in [0.25, 0.3) is 11.6 Å². The Bertz CT molecular complexity index is 1410. The van der Waals surface area contributed by atoms with Crippen LogP contribution in [0.1, 0.15) is 33.2 Å². The zero-order valence-electron chi connectivity index (χ0n) is 19.0. The Labute approximate surface area is 208 Å². The molecule has 0 saturated carbocycles. The van der Waals surface area contributed by atoms with Gasteiger partial charge in [0.2, 0.25) is 0 Å². The van der Waals surface area contributed by atoms with E-state index >= 15 is 0 Å². The summed E-state index contributed by atoms with van der Waals surface area (Å²) in [7, 11) is 0. The van der Waals surface area contributed by atoms with Gasteiger partial charge < -0.3 is 4.90 Å². The Morgan fingerprint density at radius 1 is 0.914 bits per heavy atom. The fourth-order valence-corrected chi connectivity index (χ4v) is 4.70. The van der Waals surface area contributed by atoms with Gasteiger partial charge in [0.1, 0.15) is 6.17 Å². The molecule has 4 aromatic rings. The van der Waals surface area contributed by atoms with Crippen LogP contribution in [0.4, 0.5) is 17.1 Å². The monoisotopic (exact) mass is 483 g/mol. The minimum Gasteiger partial charge on any atom is -0.342 e. The average Bonchev–Trinajstić information content (AvgIpc) is 2.87. The van der Waals surface area contributed by atoms with Crippen LogP contribution in [0.15, 0.2) is 97.1 Å². The van der Waals surface area contributed by atoms with Crippen LogP contribution in [-0.2, 0) is 6.54 Å². The summed E-state index contributed by atoms with van der Waals surface area (Å²) in [4.78, 5) is 28.9. The van der Waals surface area contributed by atoms with E-state index in [-0.39, 0.29) is 11.6 Å².